The van der Waals surface area contributed by atoms with Crippen molar-refractivity contribution in [1.29, 1.82) is 0 Å². The summed E-state index contributed by atoms with van der Waals surface area (Å²) < 4.78 is 5.17. The number of rotatable bonds is 5. The van der Waals surface area contributed by atoms with Crippen LogP contribution in [0.1, 0.15) is 5.56 Å². The van der Waals surface area contributed by atoms with Gasteiger partial charge in [0.05, 0.1) is 6.61 Å². The minimum atomic E-state index is 0.176. The zero-order valence-electron chi connectivity index (χ0n) is 11.8. The molecule has 0 atom stereocenters. The van der Waals surface area contributed by atoms with Crippen molar-refractivity contribution in [2.75, 3.05) is 37.2 Å². The molecule has 0 unspecified atom stereocenters. The Morgan fingerprint density at radius 2 is 1.95 bits per heavy atom. The number of benzene rings is 1. The highest BCUT2D eigenvalue weighted by atomic mass is 16.5. The molecule has 0 saturated heterocycles. The number of nitrogens with zero attached hydrogens (tertiary/aromatic N) is 4. The highest BCUT2D eigenvalue weighted by molar-refractivity contribution is 5.59. The summed E-state index contributed by atoms with van der Waals surface area (Å²) in [6.07, 6.45) is 0. The predicted octanol–water partition coefficient (Wildman–Crippen LogP) is 1.41. The van der Waals surface area contributed by atoms with Crippen molar-refractivity contribution in [3.8, 4) is 0 Å². The molecule has 0 spiro atoms. The van der Waals surface area contributed by atoms with Gasteiger partial charge < -0.3 is 20.7 Å². The lowest BCUT2D eigenvalue weighted by Gasteiger charge is -2.13. The first-order chi connectivity index (χ1) is 9.60. The van der Waals surface area contributed by atoms with Crippen LogP contribution in [0.3, 0.4) is 0 Å². The van der Waals surface area contributed by atoms with Crippen LogP contribution >= 0.6 is 0 Å². The molecule has 0 saturated carbocycles. The van der Waals surface area contributed by atoms with E-state index >= 15 is 0 Å². The van der Waals surface area contributed by atoms with E-state index < -0.39 is 0 Å². The van der Waals surface area contributed by atoms with Gasteiger partial charge in [-0.05, 0) is 6.07 Å². The molecular formula is C13H18N6O. The van der Waals surface area contributed by atoms with Crippen LogP contribution in [0.4, 0.5) is 23.5 Å². The SMILES string of the molecule is COCc1ccccc1Nc1nc(N)nc(N(C)C)n1. The Labute approximate surface area is 117 Å². The molecule has 0 aliphatic carbocycles. The molecule has 3 N–H and O–H groups in total. The van der Waals surface area contributed by atoms with Crippen LogP contribution in [-0.2, 0) is 11.3 Å². The Bertz CT molecular complexity index is 587. The number of nitrogens with two attached hydrogens (primary N) is 1. The van der Waals surface area contributed by atoms with Crippen molar-refractivity contribution in [2.45, 2.75) is 6.61 Å². The second-order valence-electron chi connectivity index (χ2n) is 4.43. The largest absolute Gasteiger partial charge is 0.380 e. The van der Waals surface area contributed by atoms with Gasteiger partial charge in [0.15, 0.2) is 0 Å². The zero-order valence-corrected chi connectivity index (χ0v) is 11.8. The van der Waals surface area contributed by atoms with E-state index in [1.807, 2.05) is 38.4 Å². The summed E-state index contributed by atoms with van der Waals surface area (Å²) in [7, 11) is 5.34. The van der Waals surface area contributed by atoms with E-state index in [0.717, 1.165) is 11.3 Å². The minimum absolute atomic E-state index is 0.176. The maximum Gasteiger partial charge on any atom is 0.233 e. The third kappa shape index (κ3) is 3.33. The highest BCUT2D eigenvalue weighted by Gasteiger charge is 2.08. The molecule has 0 radical (unpaired) electrons. The van der Waals surface area contributed by atoms with E-state index in [2.05, 4.69) is 20.3 Å². The second kappa shape index (κ2) is 6.16. The lowest BCUT2D eigenvalue weighted by molar-refractivity contribution is 0.185. The summed E-state index contributed by atoms with van der Waals surface area (Å²) in [5.74, 6) is 1.09. The van der Waals surface area contributed by atoms with Crippen molar-refractivity contribution in [3.63, 3.8) is 0 Å². The number of hydrogen-bond donors (Lipinski definition) is 2. The van der Waals surface area contributed by atoms with Gasteiger partial charge >= 0.3 is 0 Å². The summed E-state index contributed by atoms with van der Waals surface area (Å²) in [6, 6.07) is 7.79. The highest BCUT2D eigenvalue weighted by Crippen LogP contribution is 2.20. The van der Waals surface area contributed by atoms with Crippen molar-refractivity contribution < 1.29 is 4.74 Å². The van der Waals surface area contributed by atoms with Gasteiger partial charge in [-0.3, -0.25) is 0 Å². The van der Waals surface area contributed by atoms with Gasteiger partial charge in [-0.1, -0.05) is 18.2 Å². The van der Waals surface area contributed by atoms with E-state index in [-0.39, 0.29) is 5.95 Å². The maximum absolute atomic E-state index is 5.69. The summed E-state index contributed by atoms with van der Waals surface area (Å²) in [5, 5.41) is 3.14. The standard InChI is InChI=1S/C13H18N6O/c1-19(2)13-17-11(14)16-12(18-13)15-10-7-5-4-6-9(10)8-20-3/h4-7H,8H2,1-3H3,(H3,14,15,16,17,18). The monoisotopic (exact) mass is 274 g/mol. The Balaban J connectivity index is 2.30. The molecule has 7 nitrogen and oxygen atoms in total. The molecular weight excluding hydrogens is 256 g/mol. The molecule has 0 fully saturated rings. The van der Waals surface area contributed by atoms with E-state index in [9.17, 15) is 0 Å². The van der Waals surface area contributed by atoms with Crippen molar-refractivity contribution >= 4 is 23.5 Å². The molecule has 0 amide bonds. The first-order valence-corrected chi connectivity index (χ1v) is 6.13. The molecule has 0 aliphatic heterocycles. The van der Waals surface area contributed by atoms with Crippen LogP contribution in [-0.4, -0.2) is 36.2 Å². The van der Waals surface area contributed by atoms with Crippen LogP contribution in [0.5, 0.6) is 0 Å². The maximum atomic E-state index is 5.69. The molecule has 106 valence electrons. The van der Waals surface area contributed by atoms with Crippen molar-refractivity contribution in [2.24, 2.45) is 0 Å². The van der Waals surface area contributed by atoms with E-state index in [1.54, 1.807) is 12.0 Å². The van der Waals surface area contributed by atoms with Crippen LogP contribution in [0, 0.1) is 0 Å². The predicted molar refractivity (Wildman–Crippen MR) is 79.0 cm³/mol. The van der Waals surface area contributed by atoms with Gasteiger partial charge in [-0.15, -0.1) is 0 Å². The average Bonchev–Trinajstić information content (AvgIpc) is 2.40. The molecule has 2 aromatic rings. The fraction of sp³-hybridized carbons (Fsp3) is 0.308. The van der Waals surface area contributed by atoms with Crippen LogP contribution in [0.25, 0.3) is 0 Å². The Morgan fingerprint density at radius 1 is 1.20 bits per heavy atom. The molecule has 1 heterocycles. The Hall–Kier alpha value is -2.41. The third-order valence-corrected chi connectivity index (χ3v) is 2.60. The van der Waals surface area contributed by atoms with Crippen molar-refractivity contribution in [1.82, 2.24) is 15.0 Å². The van der Waals surface area contributed by atoms with Crippen molar-refractivity contribution in [3.05, 3.63) is 29.8 Å². The van der Waals surface area contributed by atoms with Crippen LogP contribution < -0.4 is 16.0 Å². The molecule has 0 bridgehead atoms. The molecule has 20 heavy (non-hydrogen) atoms. The Kier molecular flexibility index (Phi) is 4.31. The number of para-hydroxylation sites is 1. The van der Waals surface area contributed by atoms with E-state index in [1.165, 1.54) is 0 Å². The van der Waals surface area contributed by atoms with Gasteiger partial charge in [0.2, 0.25) is 17.8 Å². The number of nitrogen functional groups attached to an aromatic ring is 1. The van der Waals surface area contributed by atoms with E-state index in [4.69, 9.17) is 10.5 Å². The number of anilines is 4. The average molecular weight is 274 g/mol. The normalized spacial score (nSPS) is 10.3. The quantitative estimate of drug-likeness (QED) is 0.852. The van der Waals surface area contributed by atoms with E-state index in [0.29, 0.717) is 18.5 Å². The number of aromatic nitrogens is 3. The number of hydrogen-bond acceptors (Lipinski definition) is 7. The van der Waals surface area contributed by atoms with Gasteiger partial charge in [-0.25, -0.2) is 0 Å². The number of nitrogens with one attached hydrogen (secondary N) is 1. The Morgan fingerprint density at radius 3 is 2.65 bits per heavy atom. The zero-order chi connectivity index (χ0) is 14.5. The number of methoxy groups -OCH3 is 1. The van der Waals surface area contributed by atoms with Gasteiger partial charge in [0.25, 0.3) is 0 Å². The summed E-state index contributed by atoms with van der Waals surface area (Å²) >= 11 is 0. The summed E-state index contributed by atoms with van der Waals surface area (Å²) in [6.45, 7) is 0.504. The molecule has 1 aromatic heterocycles. The minimum Gasteiger partial charge on any atom is -0.380 e. The van der Waals surface area contributed by atoms with Crippen LogP contribution in [0.2, 0.25) is 0 Å². The molecule has 2 rings (SSSR count). The first kappa shape index (κ1) is 14.0. The van der Waals surface area contributed by atoms with Crippen LogP contribution in [0.15, 0.2) is 24.3 Å². The number of ether oxygens (including phenoxy) is 1. The van der Waals surface area contributed by atoms with Gasteiger partial charge in [0.1, 0.15) is 0 Å². The second-order valence-corrected chi connectivity index (χ2v) is 4.43. The fourth-order valence-electron chi connectivity index (χ4n) is 1.68. The summed E-state index contributed by atoms with van der Waals surface area (Å²) in [4.78, 5) is 14.2. The lowest BCUT2D eigenvalue weighted by Crippen LogP contribution is -2.15. The third-order valence-electron chi connectivity index (χ3n) is 2.60. The molecule has 0 aliphatic rings. The first-order valence-electron chi connectivity index (χ1n) is 6.13. The topological polar surface area (TPSA) is 89.2 Å². The fourth-order valence-corrected chi connectivity index (χ4v) is 1.68. The molecule has 7 heteroatoms. The smallest absolute Gasteiger partial charge is 0.233 e. The lowest BCUT2D eigenvalue weighted by atomic mass is 10.2. The van der Waals surface area contributed by atoms with Gasteiger partial charge in [0, 0.05) is 32.5 Å². The summed E-state index contributed by atoms with van der Waals surface area (Å²) in [5.41, 5.74) is 7.59. The molecule has 1 aromatic carbocycles. The van der Waals surface area contributed by atoms with Gasteiger partial charge in [-0.2, -0.15) is 15.0 Å².